The molecular formula is C15H18N2. The molecule has 0 radical (unpaired) electrons. The van der Waals surface area contributed by atoms with Crippen LogP contribution in [-0.4, -0.2) is 23.0 Å². The zero-order valence-electron chi connectivity index (χ0n) is 10.3. The standard InChI is InChI=1S/C15H18N2/c1-12-14(11-17-8-4-5-9-17)10-13-6-2-3-7-15(13)16-12/h2-3,6-7,10H,4-5,8-9,11H2,1H3. The molecule has 0 N–H and O–H groups in total. The summed E-state index contributed by atoms with van der Waals surface area (Å²) in [4.78, 5) is 7.22. The van der Waals surface area contributed by atoms with Crippen molar-refractivity contribution >= 4 is 10.9 Å². The molecule has 0 aliphatic carbocycles. The van der Waals surface area contributed by atoms with Crippen LogP contribution in [0.1, 0.15) is 24.1 Å². The van der Waals surface area contributed by atoms with Crippen molar-refractivity contribution in [2.45, 2.75) is 26.3 Å². The van der Waals surface area contributed by atoms with E-state index in [0.29, 0.717) is 0 Å². The molecule has 0 bridgehead atoms. The summed E-state index contributed by atoms with van der Waals surface area (Å²) in [5.41, 5.74) is 3.66. The Labute approximate surface area is 102 Å². The number of pyridine rings is 1. The third kappa shape index (κ3) is 2.18. The largest absolute Gasteiger partial charge is 0.299 e. The van der Waals surface area contributed by atoms with E-state index in [-0.39, 0.29) is 0 Å². The highest BCUT2D eigenvalue weighted by molar-refractivity contribution is 5.79. The Kier molecular flexibility index (Phi) is 2.81. The molecule has 3 rings (SSSR count). The fourth-order valence-corrected chi connectivity index (χ4v) is 2.60. The van der Waals surface area contributed by atoms with Gasteiger partial charge in [-0.15, -0.1) is 0 Å². The molecule has 2 nitrogen and oxygen atoms in total. The molecule has 1 saturated heterocycles. The smallest absolute Gasteiger partial charge is 0.0705 e. The van der Waals surface area contributed by atoms with E-state index >= 15 is 0 Å². The van der Waals surface area contributed by atoms with Crippen molar-refractivity contribution in [3.05, 3.63) is 41.6 Å². The van der Waals surface area contributed by atoms with Crippen LogP contribution in [-0.2, 0) is 6.54 Å². The highest BCUT2D eigenvalue weighted by Gasteiger charge is 2.13. The second-order valence-corrected chi connectivity index (χ2v) is 4.91. The predicted molar refractivity (Wildman–Crippen MR) is 71.0 cm³/mol. The number of fused-ring (bicyclic) bond motifs is 1. The lowest BCUT2D eigenvalue weighted by Crippen LogP contribution is -2.19. The van der Waals surface area contributed by atoms with Crippen molar-refractivity contribution in [3.63, 3.8) is 0 Å². The lowest BCUT2D eigenvalue weighted by atomic mass is 10.1. The minimum absolute atomic E-state index is 1.06. The van der Waals surface area contributed by atoms with Crippen LogP contribution in [0.15, 0.2) is 30.3 Å². The van der Waals surface area contributed by atoms with Crippen LogP contribution in [0.3, 0.4) is 0 Å². The van der Waals surface area contributed by atoms with Crippen LogP contribution in [0.2, 0.25) is 0 Å². The minimum atomic E-state index is 1.06. The van der Waals surface area contributed by atoms with Crippen molar-refractivity contribution in [3.8, 4) is 0 Å². The number of hydrogen-bond donors (Lipinski definition) is 0. The molecule has 0 amide bonds. The quantitative estimate of drug-likeness (QED) is 0.782. The van der Waals surface area contributed by atoms with Gasteiger partial charge >= 0.3 is 0 Å². The second-order valence-electron chi connectivity index (χ2n) is 4.91. The second kappa shape index (κ2) is 4.46. The molecule has 1 aromatic carbocycles. The van der Waals surface area contributed by atoms with Crippen molar-refractivity contribution in [2.24, 2.45) is 0 Å². The topological polar surface area (TPSA) is 16.1 Å². The van der Waals surface area contributed by atoms with Crippen molar-refractivity contribution < 1.29 is 0 Å². The maximum atomic E-state index is 4.69. The lowest BCUT2D eigenvalue weighted by Gasteiger charge is -2.16. The number of para-hydroxylation sites is 1. The first-order valence-electron chi connectivity index (χ1n) is 6.40. The molecule has 0 atom stereocenters. The highest BCUT2D eigenvalue weighted by Crippen LogP contribution is 2.19. The Morgan fingerprint density at radius 1 is 1.18 bits per heavy atom. The predicted octanol–water partition coefficient (Wildman–Crippen LogP) is 3.14. The van der Waals surface area contributed by atoms with Crippen LogP contribution in [0.4, 0.5) is 0 Å². The normalized spacial score (nSPS) is 16.8. The molecule has 2 heteroatoms. The van der Waals surface area contributed by atoms with E-state index in [2.05, 4.69) is 42.2 Å². The van der Waals surface area contributed by atoms with Gasteiger partial charge in [0.05, 0.1) is 5.52 Å². The first kappa shape index (κ1) is 10.7. The molecule has 2 heterocycles. The van der Waals surface area contributed by atoms with Crippen LogP contribution in [0.25, 0.3) is 10.9 Å². The van der Waals surface area contributed by atoms with Crippen LogP contribution in [0, 0.1) is 6.92 Å². The van der Waals surface area contributed by atoms with Gasteiger partial charge in [0, 0.05) is 17.6 Å². The summed E-state index contributed by atoms with van der Waals surface area (Å²) < 4.78 is 0. The molecule has 0 spiro atoms. The van der Waals surface area contributed by atoms with E-state index in [0.717, 1.165) is 12.1 Å². The zero-order valence-corrected chi connectivity index (χ0v) is 10.3. The number of nitrogens with zero attached hydrogens (tertiary/aromatic N) is 2. The fraction of sp³-hybridized carbons (Fsp3) is 0.400. The van der Waals surface area contributed by atoms with Gasteiger partial charge in [0.25, 0.3) is 0 Å². The molecule has 0 saturated carbocycles. The van der Waals surface area contributed by atoms with E-state index in [1.807, 2.05) is 0 Å². The van der Waals surface area contributed by atoms with Gasteiger partial charge in [-0.05, 0) is 50.6 Å². The molecule has 1 fully saturated rings. The van der Waals surface area contributed by atoms with Crippen molar-refractivity contribution in [1.29, 1.82) is 0 Å². The summed E-state index contributed by atoms with van der Waals surface area (Å²) in [5, 5.41) is 1.26. The molecule has 2 aromatic rings. The third-order valence-electron chi connectivity index (χ3n) is 3.61. The van der Waals surface area contributed by atoms with E-state index < -0.39 is 0 Å². The summed E-state index contributed by atoms with van der Waals surface area (Å²) in [7, 11) is 0. The average Bonchev–Trinajstić information content (AvgIpc) is 2.83. The Morgan fingerprint density at radius 3 is 2.76 bits per heavy atom. The molecule has 1 aliphatic rings. The van der Waals surface area contributed by atoms with Crippen LogP contribution >= 0.6 is 0 Å². The van der Waals surface area contributed by atoms with E-state index in [1.54, 1.807) is 0 Å². The van der Waals surface area contributed by atoms with E-state index in [1.165, 1.54) is 42.6 Å². The van der Waals surface area contributed by atoms with Gasteiger partial charge in [-0.3, -0.25) is 9.88 Å². The molecule has 17 heavy (non-hydrogen) atoms. The van der Waals surface area contributed by atoms with Gasteiger partial charge in [0.1, 0.15) is 0 Å². The fourth-order valence-electron chi connectivity index (χ4n) is 2.60. The van der Waals surface area contributed by atoms with E-state index in [4.69, 9.17) is 4.98 Å². The minimum Gasteiger partial charge on any atom is -0.299 e. The molecule has 0 unspecified atom stereocenters. The molecular weight excluding hydrogens is 208 g/mol. The summed E-state index contributed by atoms with van der Waals surface area (Å²) in [5.74, 6) is 0. The van der Waals surface area contributed by atoms with Gasteiger partial charge in [-0.2, -0.15) is 0 Å². The average molecular weight is 226 g/mol. The van der Waals surface area contributed by atoms with Crippen molar-refractivity contribution in [2.75, 3.05) is 13.1 Å². The van der Waals surface area contributed by atoms with Crippen LogP contribution < -0.4 is 0 Å². The molecule has 1 aliphatic heterocycles. The van der Waals surface area contributed by atoms with Gasteiger partial charge in [0.15, 0.2) is 0 Å². The first-order chi connectivity index (χ1) is 8.33. The Hall–Kier alpha value is -1.41. The first-order valence-corrected chi connectivity index (χ1v) is 6.40. The Morgan fingerprint density at radius 2 is 1.94 bits per heavy atom. The summed E-state index contributed by atoms with van der Waals surface area (Å²) in [6, 6.07) is 10.7. The SMILES string of the molecule is Cc1nc2ccccc2cc1CN1CCCC1. The summed E-state index contributed by atoms with van der Waals surface area (Å²) in [6.45, 7) is 5.67. The third-order valence-corrected chi connectivity index (χ3v) is 3.61. The van der Waals surface area contributed by atoms with Gasteiger partial charge in [0.2, 0.25) is 0 Å². The number of hydrogen-bond acceptors (Lipinski definition) is 2. The maximum Gasteiger partial charge on any atom is 0.0705 e. The van der Waals surface area contributed by atoms with Crippen molar-refractivity contribution in [1.82, 2.24) is 9.88 Å². The monoisotopic (exact) mass is 226 g/mol. The number of benzene rings is 1. The van der Waals surface area contributed by atoms with Crippen LogP contribution in [0.5, 0.6) is 0 Å². The summed E-state index contributed by atoms with van der Waals surface area (Å²) in [6.07, 6.45) is 2.69. The number of rotatable bonds is 2. The molecule has 88 valence electrons. The summed E-state index contributed by atoms with van der Waals surface area (Å²) >= 11 is 0. The van der Waals surface area contributed by atoms with Gasteiger partial charge in [-0.25, -0.2) is 0 Å². The number of aryl methyl sites for hydroxylation is 1. The highest BCUT2D eigenvalue weighted by atomic mass is 15.1. The van der Waals surface area contributed by atoms with E-state index in [9.17, 15) is 0 Å². The Balaban J connectivity index is 1.95. The van der Waals surface area contributed by atoms with Gasteiger partial charge < -0.3 is 0 Å². The lowest BCUT2D eigenvalue weighted by molar-refractivity contribution is 0.330. The number of likely N-dealkylation sites (tertiary alicyclic amines) is 1. The van der Waals surface area contributed by atoms with Gasteiger partial charge in [-0.1, -0.05) is 18.2 Å². The molecule has 1 aromatic heterocycles. The maximum absolute atomic E-state index is 4.69. The Bertz CT molecular complexity index is 527. The zero-order chi connectivity index (χ0) is 11.7. The number of aromatic nitrogens is 1.